The maximum absolute atomic E-state index is 12.4. The quantitative estimate of drug-likeness (QED) is 0.658. The number of carbonyl (C=O) groups is 1. The zero-order chi connectivity index (χ0) is 13.0. The highest BCUT2D eigenvalue weighted by Crippen LogP contribution is 2.38. The summed E-state index contributed by atoms with van der Waals surface area (Å²) < 4.78 is 0. The minimum Gasteiger partial charge on any atom is -0.368 e. The van der Waals surface area contributed by atoms with Crippen LogP contribution >= 0.6 is 0 Å². The van der Waals surface area contributed by atoms with Gasteiger partial charge in [-0.25, -0.2) is 4.98 Å². The number of pyridine rings is 1. The predicted molar refractivity (Wildman–Crippen MR) is 73.2 cm³/mol. The Kier molecular flexibility index (Phi) is 1.98. The van der Waals surface area contributed by atoms with Crippen molar-refractivity contribution in [2.75, 3.05) is 30.8 Å². The first-order valence-electron chi connectivity index (χ1n) is 6.42. The van der Waals surface area contributed by atoms with Gasteiger partial charge in [0, 0.05) is 24.7 Å². The molecular weight excluding hydrogens is 242 g/mol. The highest BCUT2D eigenvalue weighted by molar-refractivity contribution is 6.11. The number of aromatic amines is 1. The fraction of sp³-hybridized carbons (Fsp3) is 0.385. The van der Waals surface area contributed by atoms with Crippen molar-refractivity contribution in [3.05, 3.63) is 18.5 Å². The van der Waals surface area contributed by atoms with Gasteiger partial charge in [0.05, 0.1) is 17.6 Å². The molecule has 4 heterocycles. The normalized spacial score (nSPS) is 26.5. The Morgan fingerprint density at radius 2 is 2.37 bits per heavy atom. The summed E-state index contributed by atoms with van der Waals surface area (Å²) >= 11 is 0. The van der Waals surface area contributed by atoms with Crippen LogP contribution in [0.2, 0.25) is 0 Å². The van der Waals surface area contributed by atoms with E-state index in [1.54, 1.807) is 6.20 Å². The van der Waals surface area contributed by atoms with Gasteiger partial charge in [-0.2, -0.15) is 0 Å². The molecule has 19 heavy (non-hydrogen) atoms. The molecule has 1 saturated heterocycles. The number of likely N-dealkylation sites (tertiary alicyclic amines) is 1. The summed E-state index contributed by atoms with van der Waals surface area (Å²) in [6.45, 7) is 1.66. The molecule has 1 spiro atoms. The third-order valence-corrected chi connectivity index (χ3v) is 4.09. The zero-order valence-electron chi connectivity index (χ0n) is 10.7. The molecule has 6 heteroatoms. The fourth-order valence-electron chi connectivity index (χ4n) is 3.06. The van der Waals surface area contributed by atoms with Gasteiger partial charge >= 0.3 is 0 Å². The predicted octanol–water partition coefficient (Wildman–Crippen LogP) is 1.00. The lowest BCUT2D eigenvalue weighted by molar-refractivity contribution is -0.120. The van der Waals surface area contributed by atoms with E-state index in [-0.39, 0.29) is 5.91 Å². The molecule has 98 valence electrons. The first-order valence-corrected chi connectivity index (χ1v) is 6.42. The molecule has 4 rings (SSSR count). The Morgan fingerprint density at radius 1 is 1.47 bits per heavy atom. The SMILES string of the molecule is CN1CCC2(C1)Nc1c(cnc3[nH]ccc13)NC2=O. The lowest BCUT2D eigenvalue weighted by Crippen LogP contribution is -2.54. The average Bonchev–Trinajstić information content (AvgIpc) is 2.99. The number of amides is 1. The zero-order valence-corrected chi connectivity index (χ0v) is 10.7. The van der Waals surface area contributed by atoms with E-state index in [0.717, 1.165) is 41.9 Å². The number of hydrogen-bond acceptors (Lipinski definition) is 4. The van der Waals surface area contributed by atoms with E-state index in [0.29, 0.717) is 0 Å². The number of likely N-dealkylation sites (N-methyl/N-ethyl adjacent to an activating group) is 1. The van der Waals surface area contributed by atoms with Crippen molar-refractivity contribution in [1.82, 2.24) is 14.9 Å². The number of hydrogen-bond donors (Lipinski definition) is 3. The Bertz CT molecular complexity index is 679. The van der Waals surface area contributed by atoms with E-state index in [9.17, 15) is 4.79 Å². The molecule has 6 nitrogen and oxygen atoms in total. The molecule has 2 aliphatic heterocycles. The van der Waals surface area contributed by atoms with Gasteiger partial charge in [-0.1, -0.05) is 0 Å². The topological polar surface area (TPSA) is 73.1 Å². The summed E-state index contributed by atoms with van der Waals surface area (Å²) in [5, 5.41) is 7.48. The first kappa shape index (κ1) is 10.8. The summed E-state index contributed by atoms with van der Waals surface area (Å²) in [5.74, 6) is 0.0426. The standard InChI is InChI=1S/C13H15N5O/c1-18-5-3-13(7-18)12(19)16-9-6-15-11-8(2-4-14-11)10(9)17-13/h2,4,6,17H,3,5,7H2,1H3,(H,14,15)(H,16,19). The van der Waals surface area contributed by atoms with E-state index in [1.165, 1.54) is 0 Å². The second-order valence-electron chi connectivity index (χ2n) is 5.44. The molecular formula is C13H15N5O. The van der Waals surface area contributed by atoms with Gasteiger partial charge in [0.1, 0.15) is 11.2 Å². The van der Waals surface area contributed by atoms with Crippen LogP contribution in [0.3, 0.4) is 0 Å². The number of nitrogens with zero attached hydrogens (tertiary/aromatic N) is 2. The number of nitrogens with one attached hydrogen (secondary N) is 3. The Morgan fingerprint density at radius 3 is 3.16 bits per heavy atom. The maximum atomic E-state index is 12.4. The van der Waals surface area contributed by atoms with E-state index < -0.39 is 5.54 Å². The van der Waals surface area contributed by atoms with Crippen LogP contribution in [0, 0.1) is 0 Å². The summed E-state index contributed by atoms with van der Waals surface area (Å²) in [6.07, 6.45) is 4.39. The van der Waals surface area contributed by atoms with Crippen LogP contribution < -0.4 is 10.6 Å². The fourth-order valence-corrected chi connectivity index (χ4v) is 3.06. The van der Waals surface area contributed by atoms with Crippen LogP contribution in [-0.4, -0.2) is 46.5 Å². The number of carbonyl (C=O) groups excluding carboxylic acids is 1. The molecule has 2 aromatic rings. The minimum absolute atomic E-state index is 0.0426. The Balaban J connectivity index is 1.87. The van der Waals surface area contributed by atoms with Crippen molar-refractivity contribution in [3.8, 4) is 0 Å². The van der Waals surface area contributed by atoms with Crippen LogP contribution in [0.4, 0.5) is 11.4 Å². The minimum atomic E-state index is -0.507. The van der Waals surface area contributed by atoms with Crippen LogP contribution in [0.25, 0.3) is 11.0 Å². The van der Waals surface area contributed by atoms with E-state index >= 15 is 0 Å². The second kappa shape index (κ2) is 3.48. The molecule has 2 aromatic heterocycles. The lowest BCUT2D eigenvalue weighted by atomic mass is 9.93. The molecule has 1 fully saturated rings. The van der Waals surface area contributed by atoms with E-state index in [1.807, 2.05) is 19.3 Å². The summed E-state index contributed by atoms with van der Waals surface area (Å²) in [5.41, 5.74) is 2.06. The molecule has 1 atom stereocenters. The molecule has 0 aromatic carbocycles. The van der Waals surface area contributed by atoms with Crippen molar-refractivity contribution in [2.24, 2.45) is 0 Å². The highest BCUT2D eigenvalue weighted by atomic mass is 16.2. The number of anilines is 2. The van der Waals surface area contributed by atoms with Crippen LogP contribution in [-0.2, 0) is 4.79 Å². The van der Waals surface area contributed by atoms with E-state index in [4.69, 9.17) is 0 Å². The summed E-state index contributed by atoms with van der Waals surface area (Å²) in [7, 11) is 2.04. The molecule has 3 N–H and O–H groups in total. The van der Waals surface area contributed by atoms with Crippen LogP contribution in [0.5, 0.6) is 0 Å². The maximum Gasteiger partial charge on any atom is 0.251 e. The molecule has 0 radical (unpaired) electrons. The number of aromatic nitrogens is 2. The van der Waals surface area contributed by atoms with Crippen molar-refractivity contribution in [1.29, 1.82) is 0 Å². The summed E-state index contributed by atoms with van der Waals surface area (Å²) in [4.78, 5) is 21.9. The van der Waals surface area contributed by atoms with Gasteiger partial charge in [-0.15, -0.1) is 0 Å². The first-order chi connectivity index (χ1) is 9.18. The van der Waals surface area contributed by atoms with Crippen LogP contribution in [0.15, 0.2) is 18.5 Å². The van der Waals surface area contributed by atoms with Crippen molar-refractivity contribution < 1.29 is 4.79 Å². The smallest absolute Gasteiger partial charge is 0.251 e. The monoisotopic (exact) mass is 257 g/mol. The number of rotatable bonds is 0. The molecule has 1 unspecified atom stereocenters. The van der Waals surface area contributed by atoms with Crippen molar-refractivity contribution in [3.63, 3.8) is 0 Å². The summed E-state index contributed by atoms with van der Waals surface area (Å²) in [6, 6.07) is 1.98. The lowest BCUT2D eigenvalue weighted by Gasteiger charge is -2.35. The average molecular weight is 257 g/mol. The van der Waals surface area contributed by atoms with Gasteiger partial charge in [0.25, 0.3) is 5.91 Å². The number of H-pyrrole nitrogens is 1. The second-order valence-corrected chi connectivity index (χ2v) is 5.44. The highest BCUT2D eigenvalue weighted by Gasteiger charge is 2.46. The Labute approximate surface area is 110 Å². The molecule has 2 aliphatic rings. The van der Waals surface area contributed by atoms with Gasteiger partial charge in [-0.05, 0) is 19.5 Å². The number of fused-ring (bicyclic) bond motifs is 3. The molecule has 0 aliphatic carbocycles. The third kappa shape index (κ3) is 1.40. The third-order valence-electron chi connectivity index (χ3n) is 4.09. The van der Waals surface area contributed by atoms with Gasteiger partial charge < -0.3 is 20.5 Å². The molecule has 0 bridgehead atoms. The van der Waals surface area contributed by atoms with Crippen molar-refractivity contribution >= 4 is 28.3 Å². The van der Waals surface area contributed by atoms with Gasteiger partial charge in [-0.3, -0.25) is 4.79 Å². The largest absolute Gasteiger partial charge is 0.368 e. The van der Waals surface area contributed by atoms with Crippen LogP contribution in [0.1, 0.15) is 6.42 Å². The van der Waals surface area contributed by atoms with E-state index in [2.05, 4.69) is 25.5 Å². The van der Waals surface area contributed by atoms with Crippen molar-refractivity contribution in [2.45, 2.75) is 12.0 Å². The van der Waals surface area contributed by atoms with Gasteiger partial charge in [0.2, 0.25) is 0 Å². The van der Waals surface area contributed by atoms with Gasteiger partial charge in [0.15, 0.2) is 0 Å². The Hall–Kier alpha value is -2.08. The molecule has 0 saturated carbocycles. The molecule has 1 amide bonds.